The van der Waals surface area contributed by atoms with E-state index in [9.17, 15) is 14.7 Å². The van der Waals surface area contributed by atoms with Gasteiger partial charge < -0.3 is 15.7 Å². The minimum atomic E-state index is -1.04. The summed E-state index contributed by atoms with van der Waals surface area (Å²) in [5.41, 5.74) is 0.593. The topological polar surface area (TPSA) is 78.4 Å². The third-order valence-electron chi connectivity index (χ3n) is 3.63. The summed E-state index contributed by atoms with van der Waals surface area (Å²) >= 11 is 0. The molecule has 1 saturated heterocycles. The lowest BCUT2D eigenvalue weighted by molar-refractivity contribution is -0.142. The van der Waals surface area contributed by atoms with E-state index in [1.54, 1.807) is 24.3 Å². The Labute approximate surface area is 118 Å². The zero-order valence-electron chi connectivity index (χ0n) is 11.3. The van der Waals surface area contributed by atoms with Crippen molar-refractivity contribution < 1.29 is 14.7 Å². The Kier molecular flexibility index (Phi) is 5.12. The first-order chi connectivity index (χ1) is 9.66. The van der Waals surface area contributed by atoms with Crippen molar-refractivity contribution in [1.82, 2.24) is 10.6 Å². The number of hydrogen-bond donors (Lipinski definition) is 3. The molecule has 2 atom stereocenters. The fourth-order valence-corrected chi connectivity index (χ4v) is 2.46. The maximum absolute atomic E-state index is 11.9. The molecule has 2 rings (SSSR count). The van der Waals surface area contributed by atoms with Gasteiger partial charge in [0.2, 0.25) is 5.91 Å². The Hall–Kier alpha value is -1.88. The Morgan fingerprint density at radius 3 is 2.70 bits per heavy atom. The second kappa shape index (κ2) is 7.05. The van der Waals surface area contributed by atoms with Crippen LogP contribution in [0.2, 0.25) is 0 Å². The molecule has 2 unspecified atom stereocenters. The standard InChI is InChI=1S/C15H20N2O3/c18-13(7-6-11-8-9-16-10-11)17-14(15(19)20)12-4-2-1-3-5-12/h1-5,11,14,16H,6-10H2,(H,17,18)(H,19,20). The van der Waals surface area contributed by atoms with E-state index in [1.165, 1.54) is 0 Å². The summed E-state index contributed by atoms with van der Waals surface area (Å²) in [5, 5.41) is 15.1. The van der Waals surface area contributed by atoms with Gasteiger partial charge in [-0.25, -0.2) is 4.79 Å². The summed E-state index contributed by atoms with van der Waals surface area (Å²) in [5.74, 6) is -0.707. The molecule has 1 aliphatic rings. The number of carboxylic acids is 1. The fraction of sp³-hybridized carbons (Fsp3) is 0.467. The van der Waals surface area contributed by atoms with Crippen LogP contribution in [0, 0.1) is 5.92 Å². The molecule has 20 heavy (non-hydrogen) atoms. The van der Waals surface area contributed by atoms with E-state index >= 15 is 0 Å². The van der Waals surface area contributed by atoms with Gasteiger partial charge in [0.1, 0.15) is 0 Å². The molecule has 1 aromatic rings. The number of carbonyl (C=O) groups is 2. The van der Waals surface area contributed by atoms with E-state index in [-0.39, 0.29) is 5.91 Å². The Bertz CT molecular complexity index is 455. The van der Waals surface area contributed by atoms with Gasteiger partial charge in [0.25, 0.3) is 0 Å². The van der Waals surface area contributed by atoms with Crippen LogP contribution < -0.4 is 10.6 Å². The number of amides is 1. The van der Waals surface area contributed by atoms with E-state index in [4.69, 9.17) is 0 Å². The molecule has 1 heterocycles. The van der Waals surface area contributed by atoms with Gasteiger partial charge in [0, 0.05) is 6.42 Å². The second-order valence-electron chi connectivity index (χ2n) is 5.15. The highest BCUT2D eigenvalue weighted by Gasteiger charge is 2.22. The fourth-order valence-electron chi connectivity index (χ4n) is 2.46. The van der Waals surface area contributed by atoms with Gasteiger partial charge in [0.15, 0.2) is 6.04 Å². The van der Waals surface area contributed by atoms with E-state index in [0.29, 0.717) is 17.9 Å². The Morgan fingerprint density at radius 1 is 1.35 bits per heavy atom. The van der Waals surface area contributed by atoms with Gasteiger partial charge >= 0.3 is 5.97 Å². The van der Waals surface area contributed by atoms with Gasteiger partial charge in [-0.2, -0.15) is 0 Å². The van der Waals surface area contributed by atoms with Gasteiger partial charge in [-0.3, -0.25) is 4.79 Å². The molecule has 1 aromatic carbocycles. The van der Waals surface area contributed by atoms with Crippen LogP contribution in [0.4, 0.5) is 0 Å². The molecular formula is C15H20N2O3. The highest BCUT2D eigenvalue weighted by molar-refractivity contribution is 5.84. The predicted molar refractivity (Wildman–Crippen MR) is 75.2 cm³/mol. The smallest absolute Gasteiger partial charge is 0.330 e. The molecule has 0 aromatic heterocycles. The van der Waals surface area contributed by atoms with Crippen molar-refractivity contribution in [1.29, 1.82) is 0 Å². The molecule has 0 saturated carbocycles. The maximum Gasteiger partial charge on any atom is 0.330 e. The van der Waals surface area contributed by atoms with Gasteiger partial charge in [-0.15, -0.1) is 0 Å². The molecule has 1 aliphatic heterocycles. The molecule has 1 fully saturated rings. The lowest BCUT2D eigenvalue weighted by atomic mass is 10.0. The molecular weight excluding hydrogens is 256 g/mol. The van der Waals surface area contributed by atoms with Crippen molar-refractivity contribution in [3.8, 4) is 0 Å². The van der Waals surface area contributed by atoms with E-state index < -0.39 is 12.0 Å². The second-order valence-corrected chi connectivity index (χ2v) is 5.15. The lowest BCUT2D eigenvalue weighted by Gasteiger charge is -2.15. The van der Waals surface area contributed by atoms with E-state index in [1.807, 2.05) is 6.07 Å². The number of benzene rings is 1. The van der Waals surface area contributed by atoms with Crippen molar-refractivity contribution in [2.24, 2.45) is 5.92 Å². The highest BCUT2D eigenvalue weighted by atomic mass is 16.4. The molecule has 5 heteroatoms. The van der Waals surface area contributed by atoms with Crippen molar-refractivity contribution in [2.45, 2.75) is 25.3 Å². The largest absolute Gasteiger partial charge is 0.479 e. The highest BCUT2D eigenvalue weighted by Crippen LogP contribution is 2.16. The molecule has 3 N–H and O–H groups in total. The minimum absolute atomic E-state index is 0.201. The summed E-state index contributed by atoms with van der Waals surface area (Å²) in [7, 11) is 0. The van der Waals surface area contributed by atoms with Gasteiger partial charge in [-0.1, -0.05) is 30.3 Å². The summed E-state index contributed by atoms with van der Waals surface area (Å²) in [6.07, 6.45) is 2.28. The first-order valence-electron chi connectivity index (χ1n) is 6.94. The van der Waals surface area contributed by atoms with Crippen LogP contribution in [0.1, 0.15) is 30.9 Å². The Balaban J connectivity index is 1.87. The average Bonchev–Trinajstić information content (AvgIpc) is 2.96. The minimum Gasteiger partial charge on any atom is -0.479 e. The van der Waals surface area contributed by atoms with Gasteiger partial charge in [0.05, 0.1) is 0 Å². The average molecular weight is 276 g/mol. The molecule has 0 bridgehead atoms. The van der Waals surface area contributed by atoms with Crippen molar-refractivity contribution in [3.05, 3.63) is 35.9 Å². The van der Waals surface area contributed by atoms with Crippen LogP contribution >= 0.6 is 0 Å². The third-order valence-corrected chi connectivity index (χ3v) is 3.63. The summed E-state index contributed by atoms with van der Waals surface area (Å²) in [6.45, 7) is 1.96. The molecule has 1 amide bonds. The van der Waals surface area contributed by atoms with E-state index in [0.717, 1.165) is 25.9 Å². The lowest BCUT2D eigenvalue weighted by Crippen LogP contribution is -2.33. The van der Waals surface area contributed by atoms with Crippen LogP contribution in [0.5, 0.6) is 0 Å². The summed E-state index contributed by atoms with van der Waals surface area (Å²) in [6, 6.07) is 7.80. The number of rotatable bonds is 6. The molecule has 5 nitrogen and oxygen atoms in total. The third kappa shape index (κ3) is 4.06. The first-order valence-corrected chi connectivity index (χ1v) is 6.94. The number of carbonyl (C=O) groups excluding carboxylic acids is 1. The number of nitrogens with one attached hydrogen (secondary N) is 2. The molecule has 0 radical (unpaired) electrons. The van der Waals surface area contributed by atoms with Crippen LogP contribution in [0.3, 0.4) is 0 Å². The maximum atomic E-state index is 11.9. The number of hydrogen-bond acceptors (Lipinski definition) is 3. The van der Waals surface area contributed by atoms with Crippen molar-refractivity contribution in [3.63, 3.8) is 0 Å². The van der Waals surface area contributed by atoms with Gasteiger partial charge in [-0.05, 0) is 37.4 Å². The van der Waals surface area contributed by atoms with Crippen LogP contribution in [0.25, 0.3) is 0 Å². The quantitative estimate of drug-likeness (QED) is 0.732. The van der Waals surface area contributed by atoms with Crippen molar-refractivity contribution >= 4 is 11.9 Å². The zero-order chi connectivity index (χ0) is 14.4. The predicted octanol–water partition coefficient (Wildman–Crippen LogP) is 1.32. The Morgan fingerprint density at radius 2 is 2.10 bits per heavy atom. The monoisotopic (exact) mass is 276 g/mol. The molecule has 0 aliphatic carbocycles. The molecule has 108 valence electrons. The van der Waals surface area contributed by atoms with Crippen LogP contribution in [0.15, 0.2) is 30.3 Å². The van der Waals surface area contributed by atoms with Crippen LogP contribution in [-0.2, 0) is 9.59 Å². The van der Waals surface area contributed by atoms with Crippen LogP contribution in [-0.4, -0.2) is 30.1 Å². The summed E-state index contributed by atoms with van der Waals surface area (Å²) < 4.78 is 0. The zero-order valence-corrected chi connectivity index (χ0v) is 11.3. The SMILES string of the molecule is O=C(CCC1CCNC1)NC(C(=O)O)c1ccccc1. The first kappa shape index (κ1) is 14.5. The van der Waals surface area contributed by atoms with Crippen molar-refractivity contribution in [2.75, 3.05) is 13.1 Å². The normalized spacial score (nSPS) is 19.5. The summed E-state index contributed by atoms with van der Waals surface area (Å²) in [4.78, 5) is 23.2. The molecule has 0 spiro atoms. The number of aliphatic carboxylic acids is 1. The number of carboxylic acid groups (broad SMARTS) is 1. The van der Waals surface area contributed by atoms with E-state index in [2.05, 4.69) is 10.6 Å².